The van der Waals surface area contributed by atoms with E-state index in [2.05, 4.69) is 57.4 Å². The monoisotopic (exact) mass is 282 g/mol. The summed E-state index contributed by atoms with van der Waals surface area (Å²) in [6.45, 7) is 7.10. The first kappa shape index (κ1) is 13.9. The van der Waals surface area contributed by atoms with E-state index in [1.807, 2.05) is 6.92 Å². The molecular weight excluding hydrogens is 260 g/mol. The minimum absolute atomic E-state index is 0.721. The van der Waals surface area contributed by atoms with Crippen LogP contribution in [0.1, 0.15) is 29.7 Å². The van der Waals surface area contributed by atoms with Crippen molar-refractivity contribution in [1.82, 2.24) is 9.97 Å². The molecule has 0 aliphatic carbocycles. The van der Waals surface area contributed by atoms with Crippen molar-refractivity contribution < 1.29 is 0 Å². The second-order valence-corrected chi connectivity index (χ2v) is 5.73. The maximum absolute atomic E-state index is 4.66. The van der Waals surface area contributed by atoms with Crippen LogP contribution in [-0.4, -0.2) is 23.1 Å². The number of benzene rings is 1. The summed E-state index contributed by atoms with van der Waals surface area (Å²) in [5.74, 6) is 1.77. The molecule has 1 aromatic heterocycles. The highest BCUT2D eigenvalue weighted by molar-refractivity contribution is 5.45. The highest BCUT2D eigenvalue weighted by atomic mass is 15.2. The van der Waals surface area contributed by atoms with Gasteiger partial charge in [0.2, 0.25) is 5.95 Å². The lowest BCUT2D eigenvalue weighted by atomic mass is 10.1. The fourth-order valence-corrected chi connectivity index (χ4v) is 2.74. The van der Waals surface area contributed by atoms with E-state index in [0.717, 1.165) is 37.1 Å². The first-order chi connectivity index (χ1) is 10.2. The fraction of sp³-hybridized carbons (Fsp3) is 0.412. The molecule has 0 spiro atoms. The van der Waals surface area contributed by atoms with E-state index in [1.165, 1.54) is 24.0 Å². The van der Waals surface area contributed by atoms with Crippen molar-refractivity contribution in [3.8, 4) is 0 Å². The summed E-state index contributed by atoms with van der Waals surface area (Å²) in [6.07, 6.45) is 2.52. The average molecular weight is 282 g/mol. The normalized spacial score (nSPS) is 14.5. The first-order valence-electron chi connectivity index (χ1n) is 7.61. The van der Waals surface area contributed by atoms with E-state index in [4.69, 9.17) is 0 Å². The summed E-state index contributed by atoms with van der Waals surface area (Å²) in [5.41, 5.74) is 3.54. The topological polar surface area (TPSA) is 41.1 Å². The summed E-state index contributed by atoms with van der Waals surface area (Å²) in [4.78, 5) is 11.5. The molecule has 0 unspecified atom stereocenters. The summed E-state index contributed by atoms with van der Waals surface area (Å²) in [6, 6.07) is 10.6. The quantitative estimate of drug-likeness (QED) is 0.934. The van der Waals surface area contributed by atoms with Gasteiger partial charge in [-0.2, -0.15) is 4.98 Å². The Hall–Kier alpha value is -2.10. The summed E-state index contributed by atoms with van der Waals surface area (Å²) < 4.78 is 0. The predicted molar refractivity (Wildman–Crippen MR) is 86.7 cm³/mol. The number of anilines is 2. The van der Waals surface area contributed by atoms with Gasteiger partial charge in [-0.25, -0.2) is 4.98 Å². The lowest BCUT2D eigenvalue weighted by molar-refractivity contribution is 0.915. The Morgan fingerprint density at radius 3 is 2.67 bits per heavy atom. The third-order valence-electron chi connectivity index (χ3n) is 3.80. The van der Waals surface area contributed by atoms with Gasteiger partial charge in [-0.3, -0.25) is 0 Å². The van der Waals surface area contributed by atoms with E-state index in [9.17, 15) is 0 Å². The second-order valence-electron chi connectivity index (χ2n) is 5.73. The van der Waals surface area contributed by atoms with Gasteiger partial charge in [0.25, 0.3) is 0 Å². The molecule has 4 heteroatoms. The molecule has 4 nitrogen and oxygen atoms in total. The molecule has 1 aliphatic rings. The SMILES string of the molecule is Cc1cccc(CNc2nc(C)cc(N3CCCC3)n2)c1. The second kappa shape index (κ2) is 6.12. The highest BCUT2D eigenvalue weighted by Crippen LogP contribution is 2.20. The van der Waals surface area contributed by atoms with Gasteiger partial charge in [0, 0.05) is 31.4 Å². The average Bonchev–Trinajstić information content (AvgIpc) is 2.99. The molecule has 1 N–H and O–H groups in total. The minimum Gasteiger partial charge on any atom is -0.356 e. The number of nitrogens with one attached hydrogen (secondary N) is 1. The Morgan fingerprint density at radius 1 is 1.10 bits per heavy atom. The van der Waals surface area contributed by atoms with Crippen molar-refractivity contribution in [2.24, 2.45) is 0 Å². The van der Waals surface area contributed by atoms with Gasteiger partial charge in [-0.15, -0.1) is 0 Å². The van der Waals surface area contributed by atoms with Crippen molar-refractivity contribution in [1.29, 1.82) is 0 Å². The molecule has 3 rings (SSSR count). The van der Waals surface area contributed by atoms with Crippen LogP contribution in [0, 0.1) is 13.8 Å². The van der Waals surface area contributed by atoms with Gasteiger partial charge >= 0.3 is 0 Å². The molecule has 0 atom stereocenters. The van der Waals surface area contributed by atoms with Crippen LogP contribution < -0.4 is 10.2 Å². The first-order valence-corrected chi connectivity index (χ1v) is 7.61. The summed E-state index contributed by atoms with van der Waals surface area (Å²) >= 11 is 0. The van der Waals surface area contributed by atoms with E-state index >= 15 is 0 Å². The molecule has 21 heavy (non-hydrogen) atoms. The molecule has 1 saturated heterocycles. The van der Waals surface area contributed by atoms with Gasteiger partial charge < -0.3 is 10.2 Å². The third-order valence-corrected chi connectivity index (χ3v) is 3.80. The van der Waals surface area contributed by atoms with Crippen LogP contribution in [-0.2, 0) is 6.54 Å². The smallest absolute Gasteiger partial charge is 0.225 e. The van der Waals surface area contributed by atoms with Crippen molar-refractivity contribution in [2.45, 2.75) is 33.2 Å². The number of rotatable bonds is 4. The summed E-state index contributed by atoms with van der Waals surface area (Å²) in [7, 11) is 0. The molecule has 0 radical (unpaired) electrons. The number of aromatic nitrogens is 2. The molecule has 1 aliphatic heterocycles. The number of hydrogen-bond donors (Lipinski definition) is 1. The molecule has 2 aromatic rings. The van der Waals surface area contributed by atoms with Crippen molar-refractivity contribution in [2.75, 3.05) is 23.3 Å². The Morgan fingerprint density at radius 2 is 1.90 bits per heavy atom. The van der Waals surface area contributed by atoms with Crippen LogP contribution in [0.3, 0.4) is 0 Å². The Kier molecular flexibility index (Phi) is 4.04. The highest BCUT2D eigenvalue weighted by Gasteiger charge is 2.14. The maximum Gasteiger partial charge on any atom is 0.225 e. The Bertz CT molecular complexity index is 618. The molecule has 1 fully saturated rings. The molecule has 0 bridgehead atoms. The molecule has 0 saturated carbocycles. The molecular formula is C17H22N4. The Labute approximate surface area is 126 Å². The molecule has 2 heterocycles. The molecule has 1 aromatic carbocycles. The van der Waals surface area contributed by atoms with E-state index in [1.54, 1.807) is 0 Å². The lowest BCUT2D eigenvalue weighted by Crippen LogP contribution is -2.20. The van der Waals surface area contributed by atoms with E-state index in [-0.39, 0.29) is 0 Å². The van der Waals surface area contributed by atoms with Gasteiger partial charge in [-0.1, -0.05) is 29.8 Å². The van der Waals surface area contributed by atoms with Crippen LogP contribution in [0.5, 0.6) is 0 Å². The maximum atomic E-state index is 4.66. The molecule has 0 amide bonds. The fourth-order valence-electron chi connectivity index (χ4n) is 2.74. The number of nitrogens with zero attached hydrogens (tertiary/aromatic N) is 3. The van der Waals surface area contributed by atoms with Crippen LogP contribution >= 0.6 is 0 Å². The zero-order valence-electron chi connectivity index (χ0n) is 12.8. The zero-order valence-corrected chi connectivity index (χ0v) is 12.8. The van der Waals surface area contributed by atoms with E-state index in [0.29, 0.717) is 0 Å². The van der Waals surface area contributed by atoms with Crippen LogP contribution in [0.15, 0.2) is 30.3 Å². The van der Waals surface area contributed by atoms with Gasteiger partial charge in [0.1, 0.15) is 5.82 Å². The van der Waals surface area contributed by atoms with Gasteiger partial charge in [-0.05, 0) is 32.3 Å². The molecule has 110 valence electrons. The lowest BCUT2D eigenvalue weighted by Gasteiger charge is -2.17. The standard InChI is InChI=1S/C17H22N4/c1-13-6-5-7-15(10-13)12-18-17-19-14(2)11-16(20-17)21-8-3-4-9-21/h5-7,10-11H,3-4,8-9,12H2,1-2H3,(H,18,19,20). The van der Waals surface area contributed by atoms with Gasteiger partial charge in [0.05, 0.1) is 0 Å². The summed E-state index contributed by atoms with van der Waals surface area (Å²) in [5, 5.41) is 3.34. The third kappa shape index (κ3) is 3.51. The van der Waals surface area contributed by atoms with Crippen molar-refractivity contribution in [3.63, 3.8) is 0 Å². The van der Waals surface area contributed by atoms with Crippen LogP contribution in [0.4, 0.5) is 11.8 Å². The minimum atomic E-state index is 0.721. The number of aryl methyl sites for hydroxylation is 2. The zero-order chi connectivity index (χ0) is 14.7. The number of hydrogen-bond acceptors (Lipinski definition) is 4. The van der Waals surface area contributed by atoms with Gasteiger partial charge in [0.15, 0.2) is 0 Å². The largest absolute Gasteiger partial charge is 0.356 e. The van der Waals surface area contributed by atoms with E-state index < -0.39 is 0 Å². The Balaban J connectivity index is 1.72. The predicted octanol–water partition coefficient (Wildman–Crippen LogP) is 3.31. The van der Waals surface area contributed by atoms with Crippen LogP contribution in [0.2, 0.25) is 0 Å². The van der Waals surface area contributed by atoms with Crippen molar-refractivity contribution in [3.05, 3.63) is 47.2 Å². The van der Waals surface area contributed by atoms with Crippen LogP contribution in [0.25, 0.3) is 0 Å². The van der Waals surface area contributed by atoms with Crippen molar-refractivity contribution >= 4 is 11.8 Å².